The molecule has 2 aliphatic carbocycles. The average molecular weight is 318 g/mol. The summed E-state index contributed by atoms with van der Waals surface area (Å²) >= 11 is 0. The highest BCUT2D eigenvalue weighted by molar-refractivity contribution is 5.84. The molecule has 2 saturated carbocycles. The van der Waals surface area contributed by atoms with Crippen LogP contribution in [0.3, 0.4) is 0 Å². The van der Waals surface area contributed by atoms with Crippen LogP contribution in [0.5, 0.6) is 0 Å². The molecule has 0 unspecified atom stereocenters. The SMILES string of the molecule is C[C@@H]1C[C@@H]2CCCC[C@@H]2N1C(=O)[C@H]1CCCN(C(=O)C2CC2)C1. The number of piperidine rings is 1. The van der Waals surface area contributed by atoms with E-state index in [0.29, 0.717) is 30.4 Å². The van der Waals surface area contributed by atoms with Gasteiger partial charge in [0.2, 0.25) is 11.8 Å². The van der Waals surface area contributed by atoms with Crippen molar-refractivity contribution in [2.24, 2.45) is 17.8 Å². The van der Waals surface area contributed by atoms with Crippen LogP contribution in [0, 0.1) is 17.8 Å². The third-order valence-corrected chi connectivity index (χ3v) is 6.61. The maximum Gasteiger partial charge on any atom is 0.227 e. The van der Waals surface area contributed by atoms with Gasteiger partial charge in [-0.05, 0) is 57.8 Å². The van der Waals surface area contributed by atoms with Crippen LogP contribution in [0.25, 0.3) is 0 Å². The third-order valence-electron chi connectivity index (χ3n) is 6.61. The van der Waals surface area contributed by atoms with Crippen LogP contribution in [0.4, 0.5) is 0 Å². The molecule has 4 fully saturated rings. The first-order chi connectivity index (χ1) is 11.1. The fourth-order valence-electron chi connectivity index (χ4n) is 5.27. The summed E-state index contributed by atoms with van der Waals surface area (Å²) in [4.78, 5) is 29.8. The highest BCUT2D eigenvalue weighted by Gasteiger charge is 2.45. The van der Waals surface area contributed by atoms with Gasteiger partial charge in [-0.3, -0.25) is 9.59 Å². The lowest BCUT2D eigenvalue weighted by atomic mass is 9.84. The molecule has 4 rings (SSSR count). The molecule has 4 heteroatoms. The van der Waals surface area contributed by atoms with E-state index in [-0.39, 0.29) is 11.8 Å². The van der Waals surface area contributed by atoms with Crippen LogP contribution in [-0.2, 0) is 9.59 Å². The van der Waals surface area contributed by atoms with Crippen molar-refractivity contribution in [2.75, 3.05) is 13.1 Å². The van der Waals surface area contributed by atoms with Crippen LogP contribution in [0.15, 0.2) is 0 Å². The van der Waals surface area contributed by atoms with Crippen molar-refractivity contribution in [3.05, 3.63) is 0 Å². The summed E-state index contributed by atoms with van der Waals surface area (Å²) in [7, 11) is 0. The fourth-order valence-corrected chi connectivity index (χ4v) is 5.27. The molecule has 4 aliphatic rings. The number of hydrogen-bond donors (Lipinski definition) is 0. The standard InChI is InChI=1S/C19H30N2O2/c1-13-11-15-5-2-3-7-17(15)21(13)19(23)16-6-4-10-20(12-16)18(22)14-8-9-14/h13-17H,2-12H2,1H3/t13-,15+,16+,17+/m1/s1. The molecule has 2 saturated heterocycles. The van der Waals surface area contributed by atoms with Gasteiger partial charge in [0.05, 0.1) is 5.92 Å². The molecule has 0 aromatic rings. The van der Waals surface area contributed by atoms with Gasteiger partial charge in [0.1, 0.15) is 0 Å². The van der Waals surface area contributed by atoms with Crippen LogP contribution < -0.4 is 0 Å². The summed E-state index contributed by atoms with van der Waals surface area (Å²) in [6, 6.07) is 0.880. The Labute approximate surface area is 139 Å². The van der Waals surface area contributed by atoms with Gasteiger partial charge >= 0.3 is 0 Å². The molecule has 0 aromatic carbocycles. The van der Waals surface area contributed by atoms with Crippen molar-refractivity contribution in [3.8, 4) is 0 Å². The van der Waals surface area contributed by atoms with Crippen molar-refractivity contribution in [2.45, 2.75) is 76.8 Å². The number of likely N-dealkylation sites (tertiary alicyclic amines) is 2. The van der Waals surface area contributed by atoms with Gasteiger partial charge in [0.25, 0.3) is 0 Å². The van der Waals surface area contributed by atoms with Gasteiger partial charge in [-0.25, -0.2) is 0 Å². The average Bonchev–Trinajstić information content (AvgIpc) is 3.36. The maximum atomic E-state index is 13.2. The van der Waals surface area contributed by atoms with Gasteiger partial charge in [-0.2, -0.15) is 0 Å². The van der Waals surface area contributed by atoms with E-state index in [0.717, 1.165) is 38.1 Å². The highest BCUT2D eigenvalue weighted by atomic mass is 16.2. The number of rotatable bonds is 2. The van der Waals surface area contributed by atoms with E-state index in [1.807, 2.05) is 4.90 Å². The second-order valence-corrected chi connectivity index (χ2v) is 8.34. The monoisotopic (exact) mass is 318 g/mol. The number of nitrogens with zero attached hydrogens (tertiary/aromatic N) is 2. The van der Waals surface area contributed by atoms with Gasteiger partial charge in [-0.1, -0.05) is 12.8 Å². The second kappa shape index (κ2) is 6.10. The van der Waals surface area contributed by atoms with Crippen LogP contribution in [-0.4, -0.2) is 46.8 Å². The second-order valence-electron chi connectivity index (χ2n) is 8.34. The van der Waals surface area contributed by atoms with Crippen molar-refractivity contribution in [1.29, 1.82) is 0 Å². The Morgan fingerprint density at radius 3 is 2.43 bits per heavy atom. The van der Waals surface area contributed by atoms with Crippen LogP contribution in [0.2, 0.25) is 0 Å². The number of carbonyl (C=O) groups is 2. The largest absolute Gasteiger partial charge is 0.342 e. The zero-order chi connectivity index (χ0) is 16.0. The number of amides is 2. The molecule has 4 atom stereocenters. The Hall–Kier alpha value is -1.06. The molecule has 2 heterocycles. The Morgan fingerprint density at radius 2 is 1.65 bits per heavy atom. The minimum atomic E-state index is 0.0505. The van der Waals surface area contributed by atoms with E-state index in [1.54, 1.807) is 0 Å². The van der Waals surface area contributed by atoms with Gasteiger partial charge in [0, 0.05) is 31.1 Å². The summed E-state index contributed by atoms with van der Waals surface area (Å²) < 4.78 is 0. The first-order valence-corrected chi connectivity index (χ1v) is 9.76. The molecule has 2 amide bonds. The predicted octanol–water partition coefficient (Wildman–Crippen LogP) is 2.81. The smallest absolute Gasteiger partial charge is 0.227 e. The van der Waals surface area contributed by atoms with Crippen LogP contribution in [0.1, 0.15) is 64.7 Å². The normalized spacial score (nSPS) is 37.6. The van der Waals surface area contributed by atoms with Gasteiger partial charge in [0.15, 0.2) is 0 Å². The van der Waals surface area contributed by atoms with E-state index in [9.17, 15) is 9.59 Å². The van der Waals surface area contributed by atoms with Crippen molar-refractivity contribution < 1.29 is 9.59 Å². The quantitative estimate of drug-likeness (QED) is 0.785. The minimum Gasteiger partial charge on any atom is -0.342 e. The zero-order valence-corrected chi connectivity index (χ0v) is 14.4. The zero-order valence-electron chi connectivity index (χ0n) is 14.4. The van der Waals surface area contributed by atoms with Crippen molar-refractivity contribution >= 4 is 11.8 Å². The molecule has 128 valence electrons. The van der Waals surface area contributed by atoms with E-state index >= 15 is 0 Å². The number of fused-ring (bicyclic) bond motifs is 1. The Kier molecular flexibility index (Phi) is 4.10. The molecule has 0 spiro atoms. The number of hydrogen-bond acceptors (Lipinski definition) is 2. The van der Waals surface area contributed by atoms with E-state index in [4.69, 9.17) is 0 Å². The molecule has 4 nitrogen and oxygen atoms in total. The lowest BCUT2D eigenvalue weighted by molar-refractivity contribution is -0.143. The van der Waals surface area contributed by atoms with Crippen LogP contribution >= 0.6 is 0 Å². The van der Waals surface area contributed by atoms with Gasteiger partial charge in [-0.15, -0.1) is 0 Å². The molecule has 0 N–H and O–H groups in total. The topological polar surface area (TPSA) is 40.6 Å². The predicted molar refractivity (Wildman–Crippen MR) is 88.7 cm³/mol. The fraction of sp³-hybridized carbons (Fsp3) is 0.895. The first kappa shape index (κ1) is 15.5. The Balaban J connectivity index is 1.44. The summed E-state index contributed by atoms with van der Waals surface area (Å²) in [5.41, 5.74) is 0. The van der Waals surface area contributed by atoms with E-state index in [2.05, 4.69) is 11.8 Å². The van der Waals surface area contributed by atoms with Crippen molar-refractivity contribution in [3.63, 3.8) is 0 Å². The summed E-state index contributed by atoms with van der Waals surface area (Å²) in [6.07, 6.45) is 10.4. The van der Waals surface area contributed by atoms with E-state index < -0.39 is 0 Å². The molecule has 23 heavy (non-hydrogen) atoms. The third kappa shape index (κ3) is 2.89. The maximum absolute atomic E-state index is 13.2. The van der Waals surface area contributed by atoms with E-state index in [1.165, 1.54) is 32.1 Å². The van der Waals surface area contributed by atoms with Crippen molar-refractivity contribution in [1.82, 2.24) is 9.80 Å². The number of carbonyl (C=O) groups excluding carboxylic acids is 2. The lowest BCUT2D eigenvalue weighted by Gasteiger charge is -2.39. The molecule has 0 bridgehead atoms. The molecule has 0 aromatic heterocycles. The molecule has 0 radical (unpaired) electrons. The summed E-state index contributed by atoms with van der Waals surface area (Å²) in [5.74, 6) is 1.72. The summed E-state index contributed by atoms with van der Waals surface area (Å²) in [6.45, 7) is 3.77. The van der Waals surface area contributed by atoms with Gasteiger partial charge < -0.3 is 9.80 Å². The highest BCUT2D eigenvalue weighted by Crippen LogP contribution is 2.41. The minimum absolute atomic E-state index is 0.0505. The Morgan fingerprint density at radius 1 is 0.870 bits per heavy atom. The molecule has 2 aliphatic heterocycles. The summed E-state index contributed by atoms with van der Waals surface area (Å²) in [5, 5.41) is 0. The lowest BCUT2D eigenvalue weighted by Crippen LogP contribution is -2.50. The molecular formula is C19H30N2O2. The first-order valence-electron chi connectivity index (χ1n) is 9.76. The Bertz CT molecular complexity index is 488. The molecular weight excluding hydrogens is 288 g/mol.